The molecule has 1 aromatic carbocycles. The molecule has 152 valence electrons. The summed E-state index contributed by atoms with van der Waals surface area (Å²) in [7, 11) is -7.07. The molecule has 1 atom stereocenters. The van der Waals surface area contributed by atoms with Gasteiger partial charge in [-0.05, 0) is 50.3 Å². The highest BCUT2D eigenvalue weighted by atomic mass is 32.2. The lowest BCUT2D eigenvalue weighted by Crippen LogP contribution is -2.42. The average Bonchev–Trinajstić information content (AvgIpc) is 2.92. The summed E-state index contributed by atoms with van der Waals surface area (Å²) < 4.78 is 51.7. The summed E-state index contributed by atoms with van der Waals surface area (Å²) in [6.07, 6.45) is 1.87. The highest BCUT2D eigenvalue weighted by Gasteiger charge is 2.38. The minimum atomic E-state index is -3.84. The molecule has 9 heteroatoms. The number of hydrogen-bond donors (Lipinski definition) is 1. The summed E-state index contributed by atoms with van der Waals surface area (Å²) >= 11 is 0. The molecule has 0 spiro atoms. The summed E-state index contributed by atoms with van der Waals surface area (Å²) in [5, 5.41) is 8.71. The van der Waals surface area contributed by atoms with Gasteiger partial charge in [-0.15, -0.1) is 0 Å². The molecule has 1 aromatic rings. The second-order valence-corrected chi connectivity index (χ2v) is 11.2. The second kappa shape index (κ2) is 8.70. The number of sulfonamides is 1. The molecule has 0 radical (unpaired) electrons. The number of hydrogen-bond acceptors (Lipinski definition) is 5. The van der Waals surface area contributed by atoms with E-state index in [2.05, 4.69) is 0 Å². The Hall–Kier alpha value is -1.45. The number of carbonyl (C=O) groups is 1. The molecule has 0 unspecified atom stereocenters. The number of nitrogens with zero attached hydrogens (tertiary/aromatic N) is 1. The van der Waals surface area contributed by atoms with E-state index in [1.165, 1.54) is 4.31 Å². The summed E-state index contributed by atoms with van der Waals surface area (Å²) in [6, 6.07) is 4.63. The predicted octanol–water partition coefficient (Wildman–Crippen LogP) is 2.13. The minimum absolute atomic E-state index is 0.00446. The van der Waals surface area contributed by atoms with Gasteiger partial charge in [0.05, 0.1) is 16.4 Å². The van der Waals surface area contributed by atoms with Gasteiger partial charge < -0.3 is 5.11 Å². The van der Waals surface area contributed by atoms with Gasteiger partial charge in [0.25, 0.3) is 0 Å². The Morgan fingerprint density at radius 1 is 1.22 bits per heavy atom. The van der Waals surface area contributed by atoms with Gasteiger partial charge in [0.15, 0.2) is 9.84 Å². The molecule has 1 saturated heterocycles. The third-order valence-electron chi connectivity index (χ3n) is 4.82. The van der Waals surface area contributed by atoms with E-state index in [-0.39, 0.29) is 29.4 Å². The normalized spacial score (nSPS) is 19.4. The molecule has 0 aliphatic carbocycles. The van der Waals surface area contributed by atoms with Crippen LogP contribution in [0.15, 0.2) is 23.1 Å². The Kier molecular flexibility index (Phi) is 7.04. The molecule has 0 amide bonds. The van der Waals surface area contributed by atoms with Crippen molar-refractivity contribution in [3.05, 3.63) is 29.3 Å². The Balaban J connectivity index is 2.25. The van der Waals surface area contributed by atoms with Crippen LogP contribution in [0.5, 0.6) is 0 Å². The molecule has 1 aliphatic rings. The van der Waals surface area contributed by atoms with Crippen LogP contribution in [-0.2, 0) is 24.7 Å². The summed E-state index contributed by atoms with van der Waals surface area (Å²) in [6.45, 7) is 3.73. The van der Waals surface area contributed by atoms with Crippen molar-refractivity contribution in [2.75, 3.05) is 18.1 Å². The smallest absolute Gasteiger partial charge is 0.303 e. The number of sulfone groups is 1. The summed E-state index contributed by atoms with van der Waals surface area (Å²) in [5.41, 5.74) is 1.44. The van der Waals surface area contributed by atoms with Crippen molar-refractivity contribution in [2.24, 2.45) is 0 Å². The number of rotatable bonds is 9. The van der Waals surface area contributed by atoms with E-state index in [0.717, 1.165) is 5.56 Å². The van der Waals surface area contributed by atoms with Gasteiger partial charge in [0.2, 0.25) is 10.0 Å². The first-order valence-electron chi connectivity index (χ1n) is 9.04. The fraction of sp³-hybridized carbons (Fsp3) is 0.611. The quantitative estimate of drug-likeness (QED) is 0.617. The molecular weight excluding hydrogens is 390 g/mol. The van der Waals surface area contributed by atoms with Crippen LogP contribution >= 0.6 is 0 Å². The Labute approximate surface area is 161 Å². The lowest BCUT2D eigenvalue weighted by molar-refractivity contribution is -0.137. The summed E-state index contributed by atoms with van der Waals surface area (Å²) in [4.78, 5) is 10.8. The van der Waals surface area contributed by atoms with E-state index in [0.29, 0.717) is 31.2 Å². The van der Waals surface area contributed by atoms with Crippen LogP contribution in [0.3, 0.4) is 0 Å². The van der Waals surface area contributed by atoms with Crippen LogP contribution in [-0.4, -0.2) is 56.3 Å². The van der Waals surface area contributed by atoms with Crippen LogP contribution in [0.4, 0.5) is 0 Å². The maximum atomic E-state index is 13.3. The standard InChI is InChI=1S/C18H27NO6S2/c1-14-7-8-15(2)17(12-14)27(24,25)19(10-5-3-4-6-18(20)21)16-9-11-26(22,23)13-16/h7-8,12,16H,3-6,9-11,13H2,1-2H3,(H,20,21)/t16-/m0/s1. The van der Waals surface area contributed by atoms with Crippen molar-refractivity contribution in [1.82, 2.24) is 4.31 Å². The van der Waals surface area contributed by atoms with Crippen LogP contribution in [0.1, 0.15) is 43.2 Å². The van der Waals surface area contributed by atoms with Gasteiger partial charge in [-0.25, -0.2) is 16.8 Å². The van der Waals surface area contributed by atoms with Gasteiger partial charge >= 0.3 is 5.97 Å². The van der Waals surface area contributed by atoms with Crippen molar-refractivity contribution in [3.63, 3.8) is 0 Å². The Bertz CT molecular complexity index is 892. The van der Waals surface area contributed by atoms with Gasteiger partial charge in [-0.2, -0.15) is 4.31 Å². The van der Waals surface area contributed by atoms with E-state index in [1.54, 1.807) is 19.1 Å². The third-order valence-corrected chi connectivity index (χ3v) is 8.66. The molecule has 0 aromatic heterocycles. The van der Waals surface area contributed by atoms with Gasteiger partial charge in [-0.3, -0.25) is 4.79 Å². The number of benzene rings is 1. The fourth-order valence-corrected chi connectivity index (χ4v) is 7.16. The SMILES string of the molecule is Cc1ccc(C)c(S(=O)(=O)N(CCCCCC(=O)O)[C@H]2CCS(=O)(=O)C2)c1. The highest BCUT2D eigenvalue weighted by Crippen LogP contribution is 2.28. The third kappa shape index (κ3) is 5.76. The molecule has 27 heavy (non-hydrogen) atoms. The van der Waals surface area contributed by atoms with E-state index in [4.69, 9.17) is 5.11 Å². The highest BCUT2D eigenvalue weighted by molar-refractivity contribution is 7.92. The topological polar surface area (TPSA) is 109 Å². The zero-order chi connectivity index (χ0) is 20.2. The van der Waals surface area contributed by atoms with Crippen molar-refractivity contribution < 1.29 is 26.7 Å². The van der Waals surface area contributed by atoms with E-state index >= 15 is 0 Å². The minimum Gasteiger partial charge on any atom is -0.481 e. The first kappa shape index (κ1) is 21.8. The number of unbranched alkanes of at least 4 members (excludes halogenated alkanes) is 2. The van der Waals surface area contributed by atoms with Crippen LogP contribution < -0.4 is 0 Å². The zero-order valence-corrected chi connectivity index (χ0v) is 17.4. The van der Waals surface area contributed by atoms with E-state index < -0.39 is 31.9 Å². The fourth-order valence-electron chi connectivity index (χ4n) is 3.33. The molecule has 1 N–H and O–H groups in total. The second-order valence-electron chi connectivity index (χ2n) is 7.15. The molecule has 0 bridgehead atoms. The molecule has 7 nitrogen and oxygen atoms in total. The molecule has 2 rings (SSSR count). The first-order chi connectivity index (χ1) is 12.5. The van der Waals surface area contributed by atoms with Crippen LogP contribution in [0.2, 0.25) is 0 Å². The first-order valence-corrected chi connectivity index (χ1v) is 12.3. The number of aliphatic carboxylic acids is 1. The molecule has 1 heterocycles. The van der Waals surface area contributed by atoms with Gasteiger partial charge in [-0.1, -0.05) is 18.6 Å². The summed E-state index contributed by atoms with van der Waals surface area (Å²) in [5.74, 6) is -1.04. The molecule has 1 fully saturated rings. The van der Waals surface area contributed by atoms with E-state index in [1.807, 2.05) is 13.0 Å². The zero-order valence-electron chi connectivity index (χ0n) is 15.7. The molecule has 1 aliphatic heterocycles. The van der Waals surface area contributed by atoms with Crippen molar-refractivity contribution in [1.29, 1.82) is 0 Å². The lowest BCUT2D eigenvalue weighted by atomic mass is 10.2. The monoisotopic (exact) mass is 417 g/mol. The molecule has 0 saturated carbocycles. The molecular formula is C18H27NO6S2. The number of carboxylic acids is 1. The average molecular weight is 418 g/mol. The van der Waals surface area contributed by atoms with Gasteiger partial charge in [0, 0.05) is 19.0 Å². The lowest BCUT2D eigenvalue weighted by Gasteiger charge is -2.28. The number of aryl methyl sites for hydroxylation is 2. The van der Waals surface area contributed by atoms with Crippen molar-refractivity contribution >= 4 is 25.8 Å². The Morgan fingerprint density at radius 2 is 1.93 bits per heavy atom. The van der Waals surface area contributed by atoms with Crippen molar-refractivity contribution in [3.8, 4) is 0 Å². The maximum Gasteiger partial charge on any atom is 0.303 e. The predicted molar refractivity (Wildman–Crippen MR) is 103 cm³/mol. The number of carboxylic acid groups (broad SMARTS) is 1. The maximum absolute atomic E-state index is 13.3. The van der Waals surface area contributed by atoms with E-state index in [9.17, 15) is 21.6 Å². The van der Waals surface area contributed by atoms with Crippen LogP contribution in [0.25, 0.3) is 0 Å². The largest absolute Gasteiger partial charge is 0.481 e. The van der Waals surface area contributed by atoms with Crippen molar-refractivity contribution in [2.45, 2.75) is 56.9 Å². The van der Waals surface area contributed by atoms with Gasteiger partial charge in [0.1, 0.15) is 0 Å². The van der Waals surface area contributed by atoms with Crippen LogP contribution in [0, 0.1) is 13.8 Å². The Morgan fingerprint density at radius 3 is 2.52 bits per heavy atom.